The molecule has 7 nitrogen and oxygen atoms in total. The number of ether oxygens (including phenoxy) is 2. The van der Waals surface area contributed by atoms with Crippen molar-refractivity contribution < 1.29 is 19.1 Å². The third-order valence-electron chi connectivity index (χ3n) is 5.96. The first-order chi connectivity index (χ1) is 15.1. The molecule has 1 atom stereocenters. The predicted molar refractivity (Wildman–Crippen MR) is 120 cm³/mol. The summed E-state index contributed by atoms with van der Waals surface area (Å²) in [5, 5.41) is 0. The maximum absolute atomic E-state index is 13.1. The minimum Gasteiger partial charge on any atom is -0.497 e. The van der Waals surface area contributed by atoms with Gasteiger partial charge in [-0.2, -0.15) is 0 Å². The zero-order valence-electron chi connectivity index (χ0n) is 18.1. The van der Waals surface area contributed by atoms with Gasteiger partial charge in [0.25, 0.3) is 0 Å². The Kier molecular flexibility index (Phi) is 6.30. The number of methoxy groups -OCH3 is 1. The lowest BCUT2D eigenvalue weighted by molar-refractivity contribution is -0.136. The molecule has 0 aromatic heterocycles. The van der Waals surface area contributed by atoms with Crippen LogP contribution in [0, 0.1) is 5.92 Å². The number of amides is 2. The fraction of sp³-hybridized carbons (Fsp3) is 0.417. The second kappa shape index (κ2) is 9.29. The minimum atomic E-state index is -0.295. The number of para-hydroxylation sites is 2. The first-order valence-electron chi connectivity index (χ1n) is 10.8. The van der Waals surface area contributed by atoms with Crippen molar-refractivity contribution in [3.63, 3.8) is 0 Å². The van der Waals surface area contributed by atoms with Crippen LogP contribution in [0.1, 0.15) is 13.3 Å². The Hall–Kier alpha value is -3.22. The Morgan fingerprint density at radius 2 is 1.74 bits per heavy atom. The molecule has 0 radical (unpaired) electrons. The lowest BCUT2D eigenvalue weighted by Gasteiger charge is -2.37. The van der Waals surface area contributed by atoms with E-state index in [1.54, 1.807) is 12.0 Å². The van der Waals surface area contributed by atoms with Crippen LogP contribution in [0.2, 0.25) is 0 Å². The maximum Gasteiger partial charge on any atom is 0.228 e. The number of hydrogen-bond acceptors (Lipinski definition) is 5. The van der Waals surface area contributed by atoms with Gasteiger partial charge in [0.05, 0.1) is 25.3 Å². The summed E-state index contributed by atoms with van der Waals surface area (Å²) in [5.74, 6) is 1.39. The molecule has 0 unspecified atom stereocenters. The molecule has 2 aliphatic rings. The van der Waals surface area contributed by atoms with E-state index < -0.39 is 0 Å². The molecule has 2 fully saturated rings. The molecule has 0 aliphatic carbocycles. The second-order valence-corrected chi connectivity index (χ2v) is 7.82. The van der Waals surface area contributed by atoms with Crippen LogP contribution in [-0.2, 0) is 9.59 Å². The van der Waals surface area contributed by atoms with E-state index in [1.807, 2.05) is 54.3 Å². The maximum atomic E-state index is 13.1. The predicted octanol–water partition coefficient (Wildman–Crippen LogP) is 2.80. The van der Waals surface area contributed by atoms with Crippen molar-refractivity contribution in [1.29, 1.82) is 0 Å². The van der Waals surface area contributed by atoms with Gasteiger partial charge in [-0.25, -0.2) is 0 Å². The zero-order chi connectivity index (χ0) is 21.8. The molecule has 0 saturated carbocycles. The molecule has 0 bridgehead atoms. The van der Waals surface area contributed by atoms with Crippen molar-refractivity contribution in [3.8, 4) is 11.5 Å². The quantitative estimate of drug-likeness (QED) is 0.715. The first-order valence-corrected chi connectivity index (χ1v) is 10.8. The number of nitrogens with zero attached hydrogens (tertiary/aromatic N) is 3. The van der Waals surface area contributed by atoms with Gasteiger partial charge >= 0.3 is 0 Å². The average Bonchev–Trinajstić information content (AvgIpc) is 3.21. The highest BCUT2D eigenvalue weighted by atomic mass is 16.5. The highest BCUT2D eigenvalue weighted by molar-refractivity contribution is 6.00. The van der Waals surface area contributed by atoms with Crippen molar-refractivity contribution in [1.82, 2.24) is 4.90 Å². The van der Waals surface area contributed by atoms with Crippen LogP contribution in [-0.4, -0.2) is 63.2 Å². The molecular weight excluding hydrogens is 394 g/mol. The molecule has 7 heteroatoms. The number of carbonyl (C=O) groups excluding carboxylic acids is 2. The van der Waals surface area contributed by atoms with Crippen LogP contribution >= 0.6 is 0 Å². The van der Waals surface area contributed by atoms with E-state index in [1.165, 1.54) is 0 Å². The molecule has 31 heavy (non-hydrogen) atoms. The molecule has 2 saturated heterocycles. The number of benzene rings is 2. The minimum absolute atomic E-state index is 0.00667. The third-order valence-corrected chi connectivity index (χ3v) is 5.96. The Morgan fingerprint density at radius 3 is 2.42 bits per heavy atom. The summed E-state index contributed by atoms with van der Waals surface area (Å²) < 4.78 is 10.9. The van der Waals surface area contributed by atoms with Gasteiger partial charge in [0.2, 0.25) is 11.8 Å². The van der Waals surface area contributed by atoms with E-state index in [2.05, 4.69) is 11.0 Å². The van der Waals surface area contributed by atoms with E-state index >= 15 is 0 Å². The lowest BCUT2D eigenvalue weighted by Crippen LogP contribution is -2.50. The standard InChI is InChI=1S/C24H29N3O4/c1-3-31-22-7-5-4-6-21(22)25-12-14-26(15-13-25)24(29)18-16-23(28)27(17-18)19-8-10-20(30-2)11-9-19/h4-11,18H,3,12-17H2,1-2H3/t18-/m1/s1. The lowest BCUT2D eigenvalue weighted by atomic mass is 10.1. The second-order valence-electron chi connectivity index (χ2n) is 7.82. The van der Waals surface area contributed by atoms with Crippen molar-refractivity contribution in [2.45, 2.75) is 13.3 Å². The normalized spacial score (nSPS) is 19.0. The monoisotopic (exact) mass is 423 g/mol. The molecule has 164 valence electrons. The van der Waals surface area contributed by atoms with Crippen LogP contribution in [0.3, 0.4) is 0 Å². The van der Waals surface area contributed by atoms with E-state index in [-0.39, 0.29) is 24.2 Å². The van der Waals surface area contributed by atoms with Crippen LogP contribution in [0.15, 0.2) is 48.5 Å². The number of carbonyl (C=O) groups is 2. The molecule has 0 spiro atoms. The molecule has 4 rings (SSSR count). The van der Waals surface area contributed by atoms with E-state index in [0.29, 0.717) is 26.2 Å². The fourth-order valence-electron chi connectivity index (χ4n) is 4.31. The summed E-state index contributed by atoms with van der Waals surface area (Å²) in [4.78, 5) is 31.5. The van der Waals surface area contributed by atoms with Crippen molar-refractivity contribution >= 4 is 23.2 Å². The van der Waals surface area contributed by atoms with Gasteiger partial charge in [0.1, 0.15) is 11.5 Å². The molecular formula is C24H29N3O4. The van der Waals surface area contributed by atoms with E-state index in [0.717, 1.165) is 36.0 Å². The SMILES string of the molecule is CCOc1ccccc1N1CCN(C(=O)[C@@H]2CC(=O)N(c3ccc(OC)cc3)C2)CC1. The molecule has 0 N–H and O–H groups in total. The Balaban J connectivity index is 1.36. The van der Waals surface area contributed by atoms with Gasteiger partial charge in [-0.1, -0.05) is 12.1 Å². The number of rotatable bonds is 6. The van der Waals surface area contributed by atoms with Crippen LogP contribution < -0.4 is 19.3 Å². The first kappa shape index (κ1) is 21.0. The molecule has 2 aromatic rings. The van der Waals surface area contributed by atoms with Gasteiger partial charge in [-0.15, -0.1) is 0 Å². The zero-order valence-corrected chi connectivity index (χ0v) is 18.1. The summed E-state index contributed by atoms with van der Waals surface area (Å²) in [6.45, 7) is 5.81. The molecule has 2 amide bonds. The van der Waals surface area contributed by atoms with E-state index in [4.69, 9.17) is 9.47 Å². The largest absolute Gasteiger partial charge is 0.497 e. The third kappa shape index (κ3) is 4.45. The van der Waals surface area contributed by atoms with Crippen LogP contribution in [0.25, 0.3) is 0 Å². The average molecular weight is 424 g/mol. The van der Waals surface area contributed by atoms with Gasteiger partial charge in [-0.05, 0) is 43.3 Å². The molecule has 2 heterocycles. The van der Waals surface area contributed by atoms with Gasteiger partial charge in [0, 0.05) is 44.8 Å². The summed E-state index contributed by atoms with van der Waals surface area (Å²) >= 11 is 0. The van der Waals surface area contributed by atoms with Crippen LogP contribution in [0.5, 0.6) is 11.5 Å². The molecule has 2 aromatic carbocycles. The van der Waals surface area contributed by atoms with Crippen molar-refractivity contribution in [2.75, 3.05) is 56.2 Å². The van der Waals surface area contributed by atoms with Crippen LogP contribution in [0.4, 0.5) is 11.4 Å². The molecule has 2 aliphatic heterocycles. The summed E-state index contributed by atoms with van der Waals surface area (Å²) in [5.41, 5.74) is 1.87. The van der Waals surface area contributed by atoms with Crippen molar-refractivity contribution in [2.24, 2.45) is 5.92 Å². The van der Waals surface area contributed by atoms with Crippen molar-refractivity contribution in [3.05, 3.63) is 48.5 Å². The summed E-state index contributed by atoms with van der Waals surface area (Å²) in [7, 11) is 1.61. The highest BCUT2D eigenvalue weighted by Gasteiger charge is 2.38. The Morgan fingerprint density at radius 1 is 1.03 bits per heavy atom. The van der Waals surface area contributed by atoms with E-state index in [9.17, 15) is 9.59 Å². The fourth-order valence-corrected chi connectivity index (χ4v) is 4.31. The van der Waals surface area contributed by atoms with Gasteiger partial charge in [-0.3, -0.25) is 9.59 Å². The topological polar surface area (TPSA) is 62.3 Å². The Labute approximate surface area is 183 Å². The van der Waals surface area contributed by atoms with Gasteiger partial charge < -0.3 is 24.2 Å². The highest BCUT2D eigenvalue weighted by Crippen LogP contribution is 2.31. The number of anilines is 2. The summed E-state index contributed by atoms with van der Waals surface area (Å²) in [6.07, 6.45) is 0.262. The number of hydrogen-bond donors (Lipinski definition) is 0. The smallest absolute Gasteiger partial charge is 0.228 e. The summed E-state index contributed by atoms with van der Waals surface area (Å²) in [6, 6.07) is 15.4. The Bertz CT molecular complexity index is 923. The number of piperazine rings is 1. The van der Waals surface area contributed by atoms with Gasteiger partial charge in [0.15, 0.2) is 0 Å².